The Bertz CT molecular complexity index is 2710. The van der Waals surface area contributed by atoms with E-state index in [4.69, 9.17) is 0 Å². The molecule has 0 aliphatic heterocycles. The molecule has 8 aromatic carbocycles. The van der Waals surface area contributed by atoms with Crippen molar-refractivity contribution in [3.63, 3.8) is 0 Å². The van der Waals surface area contributed by atoms with Gasteiger partial charge in [0.15, 0.2) is 11.4 Å². The molecule has 10 rings (SSSR count). The summed E-state index contributed by atoms with van der Waals surface area (Å²) >= 11 is 0. The molecule has 0 amide bonds. The number of aryl methyl sites for hydroxylation is 2. The second kappa shape index (κ2) is 16.8. The molecule has 9 aromatic rings. The Balaban J connectivity index is 0.00000490. The maximum atomic E-state index is 2.60. The number of hydrogen-bond acceptors (Lipinski definition) is 0. The van der Waals surface area contributed by atoms with Gasteiger partial charge < -0.3 is 12.4 Å². The molecule has 0 spiro atoms. The van der Waals surface area contributed by atoms with Gasteiger partial charge in [-0.15, -0.1) is 0 Å². The van der Waals surface area contributed by atoms with Gasteiger partial charge in [0.05, 0.1) is 0 Å². The Morgan fingerprint density at radius 3 is 1.21 bits per heavy atom. The van der Waals surface area contributed by atoms with Crippen molar-refractivity contribution < 1.29 is 17.0 Å². The molecule has 3 heteroatoms. The number of aromatic nitrogens is 2. The van der Waals surface area contributed by atoms with Gasteiger partial charge in [-0.3, -0.25) is 0 Å². The van der Waals surface area contributed by atoms with Crippen molar-refractivity contribution in [1.82, 2.24) is 4.57 Å². The molecule has 0 bridgehead atoms. The van der Waals surface area contributed by atoms with Gasteiger partial charge >= 0.3 is 0 Å². The van der Waals surface area contributed by atoms with E-state index in [1.54, 1.807) is 0 Å². The summed E-state index contributed by atoms with van der Waals surface area (Å²) in [5.74, 6) is 0.576. The van der Waals surface area contributed by atoms with Gasteiger partial charge in [-0.05, 0) is 53.6 Å². The normalized spacial score (nSPS) is 13.6. The monoisotopic (exact) mass is 824 g/mol. The zero-order valence-electron chi connectivity index (χ0n) is 36.5. The number of hydrogen-bond donors (Lipinski definition) is 0. The second-order valence-corrected chi connectivity index (χ2v) is 17.4. The predicted octanol–water partition coefficient (Wildman–Crippen LogP) is 11.8. The molecule has 4 atom stereocenters. The van der Waals surface area contributed by atoms with E-state index < -0.39 is 0 Å². The summed E-state index contributed by atoms with van der Waals surface area (Å²) in [4.78, 5) is 0. The highest BCUT2D eigenvalue weighted by Gasteiger charge is 2.40. The molecule has 1 aliphatic carbocycles. The SMILES string of the molecule is Cc1cc([C@H](C)c2ccccc2)c(-n2c[n+](-c3c([C@H](C)c4ccccc4)cc(C)cc3[C@H](C)c3ccccc3)c3c2-c2cccc4cccc-3c24)c([C@H](C)c2ccccc2)c1.[Cl-]. The van der Waals surface area contributed by atoms with E-state index in [0.717, 1.165) is 0 Å². The Morgan fingerprint density at radius 1 is 0.419 bits per heavy atom. The predicted molar refractivity (Wildman–Crippen MR) is 255 cm³/mol. The van der Waals surface area contributed by atoms with Gasteiger partial charge in [0, 0.05) is 62.4 Å². The molecule has 1 aromatic heterocycles. The number of rotatable bonds is 10. The molecule has 1 heterocycles. The lowest BCUT2D eigenvalue weighted by Crippen LogP contribution is -3.00. The summed E-state index contributed by atoms with van der Waals surface area (Å²) in [6.45, 7) is 14.1. The third-order valence-corrected chi connectivity index (χ3v) is 13.5. The van der Waals surface area contributed by atoms with E-state index in [0.29, 0.717) is 0 Å². The minimum atomic E-state index is 0. The minimum absolute atomic E-state index is 0. The summed E-state index contributed by atoms with van der Waals surface area (Å²) in [6.07, 6.45) is 2.46. The Hall–Kier alpha value is -6.48. The van der Waals surface area contributed by atoms with Gasteiger partial charge in [0.1, 0.15) is 11.4 Å². The molecule has 1 aliphatic rings. The lowest BCUT2D eigenvalue weighted by atomic mass is 9.83. The van der Waals surface area contributed by atoms with Crippen LogP contribution in [0, 0.1) is 13.8 Å². The topological polar surface area (TPSA) is 8.81 Å². The fourth-order valence-corrected chi connectivity index (χ4v) is 10.3. The summed E-state index contributed by atoms with van der Waals surface area (Å²) in [5, 5.41) is 2.59. The summed E-state index contributed by atoms with van der Waals surface area (Å²) in [7, 11) is 0. The van der Waals surface area contributed by atoms with Crippen LogP contribution in [0.3, 0.4) is 0 Å². The zero-order chi connectivity index (χ0) is 41.8. The summed E-state index contributed by atoms with van der Waals surface area (Å²) < 4.78 is 5.20. The number of imidazole rings is 1. The first kappa shape index (κ1) is 40.9. The van der Waals surface area contributed by atoms with Crippen molar-refractivity contribution in [1.29, 1.82) is 0 Å². The van der Waals surface area contributed by atoms with Crippen LogP contribution in [0.1, 0.15) is 107 Å². The van der Waals surface area contributed by atoms with Crippen LogP contribution in [-0.2, 0) is 0 Å². The molecular formula is C59H53ClN2. The number of nitrogens with zero attached hydrogens (tertiary/aromatic N) is 2. The summed E-state index contributed by atoms with van der Waals surface area (Å²) in [6, 6.07) is 67.7. The van der Waals surface area contributed by atoms with Crippen molar-refractivity contribution in [2.75, 3.05) is 0 Å². The Morgan fingerprint density at radius 2 is 0.790 bits per heavy atom. The van der Waals surface area contributed by atoms with Gasteiger partial charge in [-0.2, -0.15) is 9.13 Å². The van der Waals surface area contributed by atoms with Gasteiger partial charge in [0.2, 0.25) is 0 Å². The molecule has 0 radical (unpaired) electrons. The molecule has 0 fully saturated rings. The van der Waals surface area contributed by atoms with E-state index in [1.807, 2.05) is 0 Å². The van der Waals surface area contributed by atoms with Crippen molar-refractivity contribution in [3.8, 4) is 33.9 Å². The molecule has 0 saturated heterocycles. The quantitative estimate of drug-likeness (QED) is 0.122. The zero-order valence-corrected chi connectivity index (χ0v) is 37.2. The van der Waals surface area contributed by atoms with Gasteiger partial charge in [-0.1, -0.05) is 209 Å². The van der Waals surface area contributed by atoms with Crippen molar-refractivity contribution in [2.24, 2.45) is 0 Å². The number of fused-ring (bicyclic) bond motifs is 3. The lowest BCUT2D eigenvalue weighted by molar-refractivity contribution is -0.584. The van der Waals surface area contributed by atoms with Gasteiger partial charge in [0.25, 0.3) is 6.33 Å². The van der Waals surface area contributed by atoms with Gasteiger partial charge in [-0.25, -0.2) is 0 Å². The average molecular weight is 826 g/mol. The first-order chi connectivity index (χ1) is 29.8. The fourth-order valence-electron chi connectivity index (χ4n) is 10.3. The second-order valence-electron chi connectivity index (χ2n) is 17.4. The highest BCUT2D eigenvalue weighted by molar-refractivity contribution is 6.13. The van der Waals surface area contributed by atoms with Crippen LogP contribution in [0.5, 0.6) is 0 Å². The fraction of sp³-hybridized carbons (Fsp3) is 0.169. The maximum Gasteiger partial charge on any atom is 0.255 e. The lowest BCUT2D eigenvalue weighted by Gasteiger charge is -2.23. The largest absolute Gasteiger partial charge is 1.00 e. The van der Waals surface area contributed by atoms with E-state index >= 15 is 0 Å². The molecule has 62 heavy (non-hydrogen) atoms. The standard InChI is InChI=1S/C59H53N2.ClH/c1-38-33-51(40(3)44-21-11-7-12-22-44)56(52(34-38)41(4)45-23-13-8-14-24-45)60-37-61(59-50-32-20-30-48-29-19-31-49(55(48)50)58(59)60)57-53(42(5)46-25-15-9-16-26-46)35-39(2)36-54(57)43(6)47-27-17-10-18-28-47;/h7-37,40-43H,1-6H3;1H/q+1;/p-1/t40-,41-,42-,43-;/m1./s1. The molecule has 306 valence electrons. The number of benzene rings is 8. The van der Waals surface area contributed by atoms with Crippen LogP contribution in [0.15, 0.2) is 188 Å². The minimum Gasteiger partial charge on any atom is -1.00 e. The third kappa shape index (κ3) is 6.97. The molecule has 2 nitrogen and oxygen atoms in total. The highest BCUT2D eigenvalue weighted by atomic mass is 35.5. The highest BCUT2D eigenvalue weighted by Crippen LogP contribution is 2.50. The van der Waals surface area contributed by atoms with Crippen LogP contribution >= 0.6 is 0 Å². The molecule has 0 N–H and O–H groups in total. The smallest absolute Gasteiger partial charge is 0.255 e. The molecular weight excluding hydrogens is 772 g/mol. The van der Waals surface area contributed by atoms with Crippen LogP contribution in [-0.4, -0.2) is 4.57 Å². The van der Waals surface area contributed by atoms with E-state index in [1.165, 1.54) is 100 Å². The Kier molecular flexibility index (Phi) is 11.1. The molecule has 0 saturated carbocycles. The summed E-state index contributed by atoms with van der Waals surface area (Å²) in [5.41, 5.74) is 20.7. The first-order valence-corrected chi connectivity index (χ1v) is 22.0. The van der Waals surface area contributed by atoms with Crippen molar-refractivity contribution in [3.05, 3.63) is 244 Å². The van der Waals surface area contributed by atoms with E-state index in [2.05, 4.69) is 239 Å². The van der Waals surface area contributed by atoms with Crippen molar-refractivity contribution in [2.45, 2.75) is 65.2 Å². The van der Waals surface area contributed by atoms with Crippen LogP contribution in [0.4, 0.5) is 0 Å². The van der Waals surface area contributed by atoms with Crippen molar-refractivity contribution >= 4 is 10.8 Å². The average Bonchev–Trinajstić information content (AvgIpc) is 3.86. The maximum absolute atomic E-state index is 2.60. The van der Waals surface area contributed by atoms with E-state index in [9.17, 15) is 0 Å². The van der Waals surface area contributed by atoms with E-state index in [-0.39, 0.29) is 36.1 Å². The molecule has 0 unspecified atom stereocenters. The van der Waals surface area contributed by atoms with Crippen LogP contribution < -0.4 is 17.0 Å². The number of halogens is 1. The first-order valence-electron chi connectivity index (χ1n) is 22.0. The third-order valence-electron chi connectivity index (χ3n) is 13.5. The Labute approximate surface area is 373 Å². The van der Waals surface area contributed by atoms with Crippen LogP contribution in [0.2, 0.25) is 0 Å². The van der Waals surface area contributed by atoms with Crippen LogP contribution in [0.25, 0.3) is 44.7 Å².